The molecule has 3 fully saturated rings. The van der Waals surface area contributed by atoms with Gasteiger partial charge in [-0.3, -0.25) is 9.80 Å². The number of rotatable bonds is 5. The van der Waals surface area contributed by atoms with Crippen molar-refractivity contribution in [1.82, 2.24) is 9.80 Å². The maximum Gasteiger partial charge on any atom is 0.0247 e. The standard InChI is InChI=1S/C18H34N2/c1-4-8-18(9-10-18)14-20-12-16-7-5-6-11-19(16)13-17(20)15(2)3/h15-17H,4-14H2,1-3H3. The van der Waals surface area contributed by atoms with Crippen LogP contribution in [0.25, 0.3) is 0 Å². The first-order chi connectivity index (χ1) is 9.63. The van der Waals surface area contributed by atoms with Crippen molar-refractivity contribution in [3.05, 3.63) is 0 Å². The van der Waals surface area contributed by atoms with Crippen molar-refractivity contribution >= 4 is 0 Å². The molecular weight excluding hydrogens is 244 g/mol. The second-order valence-corrected chi connectivity index (χ2v) is 8.14. The Bertz CT molecular complexity index is 321. The molecular formula is C18H34N2. The summed E-state index contributed by atoms with van der Waals surface area (Å²) in [5.74, 6) is 0.801. The summed E-state index contributed by atoms with van der Waals surface area (Å²) in [6.45, 7) is 12.7. The Morgan fingerprint density at radius 1 is 1.15 bits per heavy atom. The van der Waals surface area contributed by atoms with E-state index in [1.807, 2.05) is 0 Å². The molecule has 0 spiro atoms. The van der Waals surface area contributed by atoms with E-state index in [2.05, 4.69) is 30.6 Å². The molecule has 3 rings (SSSR count). The maximum atomic E-state index is 2.90. The van der Waals surface area contributed by atoms with Crippen LogP contribution in [0.15, 0.2) is 0 Å². The van der Waals surface area contributed by atoms with Gasteiger partial charge in [0.2, 0.25) is 0 Å². The van der Waals surface area contributed by atoms with Gasteiger partial charge in [-0.25, -0.2) is 0 Å². The van der Waals surface area contributed by atoms with Gasteiger partial charge in [-0.15, -0.1) is 0 Å². The number of nitrogens with zero attached hydrogens (tertiary/aromatic N) is 2. The molecule has 2 atom stereocenters. The number of piperazine rings is 1. The molecule has 0 aromatic carbocycles. The van der Waals surface area contributed by atoms with Gasteiger partial charge in [0.25, 0.3) is 0 Å². The molecule has 0 aromatic rings. The first-order valence-electron chi connectivity index (χ1n) is 9.12. The minimum absolute atomic E-state index is 0.721. The third-order valence-corrected chi connectivity index (χ3v) is 6.13. The molecule has 116 valence electrons. The SMILES string of the molecule is CCCC1(CN2CC3CCCCN3CC2C(C)C)CC1. The Balaban J connectivity index is 1.66. The molecule has 3 aliphatic rings. The molecule has 2 nitrogen and oxygen atoms in total. The van der Waals surface area contributed by atoms with Crippen LogP contribution in [0.5, 0.6) is 0 Å². The molecule has 2 unspecified atom stereocenters. The van der Waals surface area contributed by atoms with Gasteiger partial charge in [0, 0.05) is 31.7 Å². The van der Waals surface area contributed by atoms with Crippen molar-refractivity contribution in [2.24, 2.45) is 11.3 Å². The lowest BCUT2D eigenvalue weighted by Crippen LogP contribution is -2.61. The minimum Gasteiger partial charge on any atom is -0.298 e. The van der Waals surface area contributed by atoms with E-state index in [4.69, 9.17) is 0 Å². The van der Waals surface area contributed by atoms with Gasteiger partial charge in [0.05, 0.1) is 0 Å². The molecule has 0 aromatic heterocycles. The van der Waals surface area contributed by atoms with Crippen LogP contribution in [-0.4, -0.2) is 48.1 Å². The quantitative estimate of drug-likeness (QED) is 0.755. The summed E-state index contributed by atoms with van der Waals surface area (Å²) in [7, 11) is 0. The lowest BCUT2D eigenvalue weighted by atomic mass is 9.90. The second-order valence-electron chi connectivity index (χ2n) is 8.14. The Hall–Kier alpha value is -0.0800. The van der Waals surface area contributed by atoms with Crippen molar-refractivity contribution in [1.29, 1.82) is 0 Å². The summed E-state index contributed by atoms with van der Waals surface area (Å²) in [6, 6.07) is 1.68. The predicted octanol–water partition coefficient (Wildman–Crippen LogP) is 3.76. The molecule has 0 bridgehead atoms. The predicted molar refractivity (Wildman–Crippen MR) is 86.0 cm³/mol. The van der Waals surface area contributed by atoms with E-state index in [-0.39, 0.29) is 0 Å². The summed E-state index contributed by atoms with van der Waals surface area (Å²) in [5, 5.41) is 0. The third kappa shape index (κ3) is 3.06. The van der Waals surface area contributed by atoms with Crippen molar-refractivity contribution in [2.45, 2.75) is 77.8 Å². The number of piperidine rings is 1. The largest absolute Gasteiger partial charge is 0.298 e. The van der Waals surface area contributed by atoms with E-state index in [1.165, 1.54) is 71.1 Å². The van der Waals surface area contributed by atoms with Crippen molar-refractivity contribution in [3.8, 4) is 0 Å². The molecule has 20 heavy (non-hydrogen) atoms. The van der Waals surface area contributed by atoms with Crippen LogP contribution in [-0.2, 0) is 0 Å². The zero-order valence-corrected chi connectivity index (χ0v) is 13.9. The molecule has 2 saturated heterocycles. The normalized spacial score (nSPS) is 34.2. The van der Waals surface area contributed by atoms with Gasteiger partial charge in [-0.2, -0.15) is 0 Å². The van der Waals surface area contributed by atoms with Crippen LogP contribution < -0.4 is 0 Å². The third-order valence-electron chi connectivity index (χ3n) is 6.13. The minimum atomic E-state index is 0.721. The Morgan fingerprint density at radius 3 is 2.60 bits per heavy atom. The monoisotopic (exact) mass is 278 g/mol. The van der Waals surface area contributed by atoms with E-state index >= 15 is 0 Å². The fourth-order valence-corrected chi connectivity index (χ4v) is 4.71. The number of hydrogen-bond acceptors (Lipinski definition) is 2. The highest BCUT2D eigenvalue weighted by Gasteiger charge is 2.46. The summed E-state index contributed by atoms with van der Waals surface area (Å²) < 4.78 is 0. The summed E-state index contributed by atoms with van der Waals surface area (Å²) >= 11 is 0. The van der Waals surface area contributed by atoms with Gasteiger partial charge in [-0.05, 0) is 50.0 Å². The maximum absolute atomic E-state index is 2.90. The van der Waals surface area contributed by atoms with E-state index in [1.54, 1.807) is 0 Å². The van der Waals surface area contributed by atoms with Gasteiger partial charge in [0.1, 0.15) is 0 Å². The van der Waals surface area contributed by atoms with Crippen LogP contribution in [0.1, 0.15) is 65.7 Å². The van der Waals surface area contributed by atoms with Gasteiger partial charge in [0.15, 0.2) is 0 Å². The molecule has 1 aliphatic carbocycles. The van der Waals surface area contributed by atoms with E-state index < -0.39 is 0 Å². The summed E-state index contributed by atoms with van der Waals surface area (Å²) in [6.07, 6.45) is 10.2. The smallest absolute Gasteiger partial charge is 0.0247 e. The van der Waals surface area contributed by atoms with Gasteiger partial charge < -0.3 is 0 Å². The Labute approximate surface area is 125 Å². The lowest BCUT2D eigenvalue weighted by Gasteiger charge is -2.50. The van der Waals surface area contributed by atoms with Gasteiger partial charge in [-0.1, -0.05) is 33.6 Å². The topological polar surface area (TPSA) is 6.48 Å². The zero-order chi connectivity index (χ0) is 14.2. The van der Waals surface area contributed by atoms with E-state index in [0.29, 0.717) is 0 Å². The summed E-state index contributed by atoms with van der Waals surface area (Å²) in [4.78, 5) is 5.71. The molecule has 0 amide bonds. The average molecular weight is 278 g/mol. The Kier molecular flexibility index (Phi) is 4.42. The van der Waals surface area contributed by atoms with Gasteiger partial charge >= 0.3 is 0 Å². The fourth-order valence-electron chi connectivity index (χ4n) is 4.71. The van der Waals surface area contributed by atoms with Crippen LogP contribution in [0.2, 0.25) is 0 Å². The molecule has 2 aliphatic heterocycles. The molecule has 1 saturated carbocycles. The summed E-state index contributed by atoms with van der Waals surface area (Å²) in [5.41, 5.74) is 0.721. The van der Waals surface area contributed by atoms with Crippen LogP contribution in [0.3, 0.4) is 0 Å². The van der Waals surface area contributed by atoms with E-state index in [0.717, 1.165) is 23.4 Å². The Morgan fingerprint density at radius 2 is 1.95 bits per heavy atom. The first kappa shape index (κ1) is 14.8. The van der Waals surface area contributed by atoms with Crippen LogP contribution >= 0.6 is 0 Å². The lowest BCUT2D eigenvalue weighted by molar-refractivity contribution is -0.0176. The van der Waals surface area contributed by atoms with E-state index in [9.17, 15) is 0 Å². The molecule has 0 radical (unpaired) electrons. The highest BCUT2D eigenvalue weighted by Crippen LogP contribution is 2.51. The van der Waals surface area contributed by atoms with Crippen LogP contribution in [0, 0.1) is 11.3 Å². The zero-order valence-electron chi connectivity index (χ0n) is 13.9. The molecule has 2 heteroatoms. The average Bonchev–Trinajstić information content (AvgIpc) is 3.17. The molecule has 2 heterocycles. The van der Waals surface area contributed by atoms with Crippen molar-refractivity contribution in [2.75, 3.05) is 26.2 Å². The highest BCUT2D eigenvalue weighted by molar-refractivity contribution is 5.00. The second kappa shape index (κ2) is 5.96. The highest BCUT2D eigenvalue weighted by atomic mass is 15.3. The molecule has 0 N–H and O–H groups in total. The first-order valence-corrected chi connectivity index (χ1v) is 9.12. The number of fused-ring (bicyclic) bond motifs is 1. The van der Waals surface area contributed by atoms with Crippen molar-refractivity contribution < 1.29 is 0 Å². The fraction of sp³-hybridized carbons (Fsp3) is 1.00. The van der Waals surface area contributed by atoms with Crippen molar-refractivity contribution in [3.63, 3.8) is 0 Å². The number of hydrogen-bond donors (Lipinski definition) is 0. The van der Waals surface area contributed by atoms with Crippen LogP contribution in [0.4, 0.5) is 0 Å².